The Bertz CT molecular complexity index is 757. The van der Waals surface area contributed by atoms with Gasteiger partial charge in [0.25, 0.3) is 0 Å². The SMILES string of the molecule is Cc1nn(C)c(C)c1CC(=O)N[C@H]1CCSc2ccc(Cl)cc21. The smallest absolute Gasteiger partial charge is 0.225 e. The van der Waals surface area contributed by atoms with Crippen LogP contribution >= 0.6 is 23.4 Å². The molecular formula is C17H20ClN3OS. The molecule has 1 aliphatic heterocycles. The van der Waals surface area contributed by atoms with Crippen molar-refractivity contribution in [3.63, 3.8) is 0 Å². The van der Waals surface area contributed by atoms with E-state index in [1.54, 1.807) is 0 Å². The number of thioether (sulfide) groups is 1. The molecule has 2 aromatic rings. The Kier molecular flexibility index (Phi) is 4.69. The lowest BCUT2D eigenvalue weighted by atomic mass is 10.0. The third-order valence-corrected chi connectivity index (χ3v) is 5.70. The number of hydrogen-bond acceptors (Lipinski definition) is 3. The minimum absolute atomic E-state index is 0.0343. The minimum atomic E-state index is 0.0343. The van der Waals surface area contributed by atoms with Gasteiger partial charge in [-0.3, -0.25) is 9.48 Å². The maximum absolute atomic E-state index is 12.5. The summed E-state index contributed by atoms with van der Waals surface area (Å²) in [7, 11) is 1.90. The van der Waals surface area contributed by atoms with Crippen LogP contribution in [0.2, 0.25) is 5.02 Å². The number of hydrogen-bond donors (Lipinski definition) is 1. The van der Waals surface area contributed by atoms with Crippen LogP contribution in [0.3, 0.4) is 0 Å². The molecule has 3 rings (SSSR count). The van der Waals surface area contributed by atoms with E-state index >= 15 is 0 Å². The van der Waals surface area contributed by atoms with Crippen LogP contribution in [0.4, 0.5) is 0 Å². The molecule has 0 bridgehead atoms. The molecule has 0 aliphatic carbocycles. The molecule has 4 nitrogen and oxygen atoms in total. The summed E-state index contributed by atoms with van der Waals surface area (Å²) in [5, 5.41) is 8.25. The van der Waals surface area contributed by atoms with E-state index in [9.17, 15) is 4.79 Å². The lowest BCUT2D eigenvalue weighted by Gasteiger charge is -2.26. The maximum atomic E-state index is 12.5. The average molecular weight is 350 g/mol. The molecule has 6 heteroatoms. The van der Waals surface area contributed by atoms with E-state index in [2.05, 4.69) is 10.4 Å². The Hall–Kier alpha value is -1.46. The van der Waals surface area contributed by atoms with Crippen LogP contribution in [0.25, 0.3) is 0 Å². The summed E-state index contributed by atoms with van der Waals surface area (Å²) >= 11 is 7.94. The molecule has 0 radical (unpaired) electrons. The van der Waals surface area contributed by atoms with Gasteiger partial charge in [-0.25, -0.2) is 0 Å². The minimum Gasteiger partial charge on any atom is -0.349 e. The van der Waals surface area contributed by atoms with Crippen molar-refractivity contribution in [2.75, 3.05) is 5.75 Å². The van der Waals surface area contributed by atoms with Gasteiger partial charge in [0, 0.05) is 34.0 Å². The lowest BCUT2D eigenvalue weighted by Crippen LogP contribution is -2.32. The number of amides is 1. The summed E-state index contributed by atoms with van der Waals surface area (Å²) in [5.41, 5.74) is 4.10. The molecular weight excluding hydrogens is 330 g/mol. The summed E-state index contributed by atoms with van der Waals surface area (Å²) in [6, 6.07) is 5.94. The molecule has 0 unspecified atom stereocenters. The average Bonchev–Trinajstić information content (AvgIpc) is 2.74. The van der Waals surface area contributed by atoms with E-state index in [4.69, 9.17) is 11.6 Å². The van der Waals surface area contributed by atoms with E-state index < -0.39 is 0 Å². The van der Waals surface area contributed by atoms with Gasteiger partial charge in [0.2, 0.25) is 5.91 Å². The second-order valence-electron chi connectivity index (χ2n) is 5.89. The van der Waals surface area contributed by atoms with Crippen LogP contribution in [0.15, 0.2) is 23.1 Å². The van der Waals surface area contributed by atoms with Crippen molar-refractivity contribution in [1.29, 1.82) is 0 Å². The molecule has 1 aromatic carbocycles. The van der Waals surface area contributed by atoms with E-state index in [0.717, 1.165) is 34.7 Å². The van der Waals surface area contributed by atoms with Gasteiger partial charge in [0.15, 0.2) is 0 Å². The molecule has 1 N–H and O–H groups in total. The van der Waals surface area contributed by atoms with Crippen molar-refractivity contribution in [2.45, 2.75) is 37.6 Å². The van der Waals surface area contributed by atoms with E-state index in [0.29, 0.717) is 11.4 Å². The Morgan fingerprint density at radius 3 is 2.96 bits per heavy atom. The fourth-order valence-electron chi connectivity index (χ4n) is 2.99. The standard InChI is InChI=1S/C17H20ClN3OS/c1-10-13(11(2)21(3)20-10)9-17(22)19-15-6-7-23-16-5-4-12(18)8-14(15)16/h4-5,8,15H,6-7,9H2,1-3H3,(H,19,22)/t15-/m0/s1. The van der Waals surface area contributed by atoms with Gasteiger partial charge in [-0.1, -0.05) is 11.6 Å². The normalized spacial score (nSPS) is 17.0. The molecule has 1 atom stereocenters. The number of aromatic nitrogens is 2. The fraction of sp³-hybridized carbons (Fsp3) is 0.412. The number of halogens is 1. The zero-order valence-electron chi connectivity index (χ0n) is 13.5. The van der Waals surface area contributed by atoms with Crippen LogP contribution in [-0.2, 0) is 18.3 Å². The number of fused-ring (bicyclic) bond motifs is 1. The third kappa shape index (κ3) is 3.40. The van der Waals surface area contributed by atoms with Crippen LogP contribution in [-0.4, -0.2) is 21.4 Å². The van der Waals surface area contributed by atoms with Crippen molar-refractivity contribution in [3.8, 4) is 0 Å². The van der Waals surface area contributed by atoms with Crippen molar-refractivity contribution in [2.24, 2.45) is 7.05 Å². The molecule has 1 aliphatic rings. The number of nitrogens with one attached hydrogen (secondary N) is 1. The monoisotopic (exact) mass is 349 g/mol. The molecule has 122 valence electrons. The van der Waals surface area contributed by atoms with E-state index in [1.165, 1.54) is 4.90 Å². The first-order valence-corrected chi connectivity index (χ1v) is 9.02. The zero-order valence-corrected chi connectivity index (χ0v) is 15.1. The predicted octanol–water partition coefficient (Wildman–Crippen LogP) is 3.59. The van der Waals surface area contributed by atoms with E-state index in [1.807, 2.05) is 55.5 Å². The Morgan fingerprint density at radius 2 is 2.26 bits per heavy atom. The fourth-order valence-corrected chi connectivity index (χ4v) is 4.28. The number of rotatable bonds is 3. The Balaban J connectivity index is 1.75. The number of carbonyl (C=O) groups is 1. The Morgan fingerprint density at radius 1 is 1.48 bits per heavy atom. The second-order valence-corrected chi connectivity index (χ2v) is 7.46. The zero-order chi connectivity index (χ0) is 16.6. The first-order valence-electron chi connectivity index (χ1n) is 7.66. The van der Waals surface area contributed by atoms with Crippen LogP contribution in [0, 0.1) is 13.8 Å². The lowest BCUT2D eigenvalue weighted by molar-refractivity contribution is -0.121. The summed E-state index contributed by atoms with van der Waals surface area (Å²) in [5.74, 6) is 1.04. The summed E-state index contributed by atoms with van der Waals surface area (Å²) in [6.45, 7) is 3.94. The highest BCUT2D eigenvalue weighted by Crippen LogP contribution is 2.37. The summed E-state index contributed by atoms with van der Waals surface area (Å²) in [4.78, 5) is 13.7. The van der Waals surface area contributed by atoms with Gasteiger partial charge in [0.05, 0.1) is 18.2 Å². The maximum Gasteiger partial charge on any atom is 0.225 e. The highest BCUT2D eigenvalue weighted by molar-refractivity contribution is 7.99. The largest absolute Gasteiger partial charge is 0.349 e. The van der Waals surface area contributed by atoms with Crippen molar-refractivity contribution >= 4 is 29.3 Å². The van der Waals surface area contributed by atoms with Gasteiger partial charge < -0.3 is 5.32 Å². The summed E-state index contributed by atoms with van der Waals surface area (Å²) in [6.07, 6.45) is 1.29. The quantitative estimate of drug-likeness (QED) is 0.921. The highest BCUT2D eigenvalue weighted by atomic mass is 35.5. The van der Waals surface area contributed by atoms with Gasteiger partial charge in [-0.2, -0.15) is 5.10 Å². The first kappa shape index (κ1) is 16.4. The van der Waals surface area contributed by atoms with Crippen LogP contribution < -0.4 is 5.32 Å². The van der Waals surface area contributed by atoms with Gasteiger partial charge in [-0.15, -0.1) is 11.8 Å². The van der Waals surface area contributed by atoms with E-state index in [-0.39, 0.29) is 11.9 Å². The van der Waals surface area contributed by atoms with Crippen molar-refractivity contribution < 1.29 is 4.79 Å². The predicted molar refractivity (Wildman–Crippen MR) is 94.1 cm³/mol. The highest BCUT2D eigenvalue weighted by Gasteiger charge is 2.23. The summed E-state index contributed by atoms with van der Waals surface area (Å²) < 4.78 is 1.82. The van der Waals surface area contributed by atoms with Gasteiger partial charge >= 0.3 is 0 Å². The number of benzene rings is 1. The molecule has 0 fully saturated rings. The third-order valence-electron chi connectivity index (χ3n) is 4.34. The number of aryl methyl sites for hydroxylation is 2. The molecule has 0 saturated heterocycles. The molecule has 2 heterocycles. The number of carbonyl (C=O) groups excluding carboxylic acids is 1. The first-order chi connectivity index (χ1) is 11.0. The van der Waals surface area contributed by atoms with Gasteiger partial charge in [0.1, 0.15) is 0 Å². The van der Waals surface area contributed by atoms with Crippen LogP contribution in [0.5, 0.6) is 0 Å². The molecule has 23 heavy (non-hydrogen) atoms. The van der Waals surface area contributed by atoms with Gasteiger partial charge in [-0.05, 0) is 44.0 Å². The topological polar surface area (TPSA) is 46.9 Å². The van der Waals surface area contributed by atoms with Crippen LogP contribution in [0.1, 0.15) is 35.0 Å². The Labute approximate surface area is 145 Å². The number of nitrogens with zero attached hydrogens (tertiary/aromatic N) is 2. The molecule has 1 amide bonds. The molecule has 0 spiro atoms. The molecule has 1 aromatic heterocycles. The van der Waals surface area contributed by atoms with Crippen molar-refractivity contribution in [3.05, 3.63) is 45.7 Å². The molecule has 0 saturated carbocycles. The van der Waals surface area contributed by atoms with Crippen molar-refractivity contribution in [1.82, 2.24) is 15.1 Å². The second kappa shape index (κ2) is 6.57.